The van der Waals surface area contributed by atoms with Gasteiger partial charge in [-0.05, 0) is 13.8 Å². The van der Waals surface area contributed by atoms with E-state index in [9.17, 15) is 4.39 Å². The Morgan fingerprint density at radius 2 is 2.22 bits per heavy atom. The molecule has 0 aliphatic heterocycles. The average Bonchev–Trinajstić information content (AvgIpc) is 2.36. The van der Waals surface area contributed by atoms with Crippen molar-refractivity contribution >= 4 is 11.4 Å². The molecule has 98 valence electrons. The summed E-state index contributed by atoms with van der Waals surface area (Å²) in [6.07, 6.45) is 0. The molecule has 0 radical (unpaired) electrons. The highest BCUT2D eigenvalue weighted by Crippen LogP contribution is 2.30. The number of nitrogen functional groups attached to an aromatic ring is 1. The van der Waals surface area contributed by atoms with Crippen LogP contribution in [0.4, 0.5) is 15.8 Å². The van der Waals surface area contributed by atoms with E-state index in [2.05, 4.69) is 6.07 Å². The first-order valence-electron chi connectivity index (χ1n) is 5.81. The Balaban J connectivity index is 3.09. The number of nitrogens with zero attached hydrogens (tertiary/aromatic N) is 2. The molecule has 1 aromatic rings. The van der Waals surface area contributed by atoms with Gasteiger partial charge in [0, 0.05) is 25.2 Å². The van der Waals surface area contributed by atoms with Crippen LogP contribution in [0, 0.1) is 23.1 Å². The Labute approximate surface area is 107 Å². The van der Waals surface area contributed by atoms with Crippen LogP contribution in [-0.2, 0) is 0 Å². The molecule has 1 aromatic carbocycles. The van der Waals surface area contributed by atoms with Crippen molar-refractivity contribution in [1.82, 2.24) is 0 Å². The molecule has 18 heavy (non-hydrogen) atoms. The highest BCUT2D eigenvalue weighted by Gasteiger charge is 2.16. The lowest BCUT2D eigenvalue weighted by Crippen LogP contribution is -2.28. The number of rotatable bonds is 5. The fourth-order valence-electron chi connectivity index (χ4n) is 1.75. The van der Waals surface area contributed by atoms with Gasteiger partial charge in [0.2, 0.25) is 0 Å². The van der Waals surface area contributed by atoms with Crippen LogP contribution in [0.5, 0.6) is 5.75 Å². The van der Waals surface area contributed by atoms with Gasteiger partial charge in [-0.25, -0.2) is 4.39 Å². The molecule has 0 amide bonds. The molecule has 0 fully saturated rings. The van der Waals surface area contributed by atoms with Crippen molar-refractivity contribution in [3.63, 3.8) is 0 Å². The van der Waals surface area contributed by atoms with Gasteiger partial charge >= 0.3 is 0 Å². The number of nitriles is 1. The first-order chi connectivity index (χ1) is 8.53. The minimum atomic E-state index is -0.403. The lowest BCUT2D eigenvalue weighted by atomic mass is 10.1. The molecule has 0 bridgehead atoms. The van der Waals surface area contributed by atoms with Crippen LogP contribution in [0.15, 0.2) is 12.1 Å². The van der Waals surface area contributed by atoms with Crippen LogP contribution in [0.3, 0.4) is 0 Å². The van der Waals surface area contributed by atoms with Gasteiger partial charge in [0.05, 0.1) is 30.5 Å². The molecular formula is C13H18FN3O. The van der Waals surface area contributed by atoms with Gasteiger partial charge in [0.25, 0.3) is 0 Å². The van der Waals surface area contributed by atoms with Crippen LogP contribution < -0.4 is 15.4 Å². The van der Waals surface area contributed by atoms with E-state index >= 15 is 0 Å². The van der Waals surface area contributed by atoms with Gasteiger partial charge in [0.1, 0.15) is 11.6 Å². The zero-order valence-corrected chi connectivity index (χ0v) is 10.9. The van der Waals surface area contributed by atoms with E-state index in [1.807, 2.05) is 6.92 Å². The highest BCUT2D eigenvalue weighted by molar-refractivity contribution is 5.63. The smallest absolute Gasteiger partial charge is 0.148 e. The molecule has 0 spiro atoms. The summed E-state index contributed by atoms with van der Waals surface area (Å²) in [5.74, 6) is -0.136. The Hall–Kier alpha value is -1.96. The first-order valence-corrected chi connectivity index (χ1v) is 5.81. The van der Waals surface area contributed by atoms with Gasteiger partial charge in [-0.15, -0.1) is 0 Å². The number of methoxy groups -OCH3 is 1. The van der Waals surface area contributed by atoms with Gasteiger partial charge < -0.3 is 15.4 Å². The predicted molar refractivity (Wildman–Crippen MR) is 70.0 cm³/mol. The summed E-state index contributed by atoms with van der Waals surface area (Å²) in [7, 11) is 1.49. The maximum Gasteiger partial charge on any atom is 0.148 e. The molecule has 0 aliphatic rings. The van der Waals surface area contributed by atoms with E-state index < -0.39 is 5.82 Å². The van der Waals surface area contributed by atoms with Gasteiger partial charge in [-0.1, -0.05) is 0 Å². The molecule has 0 heterocycles. The first kappa shape index (κ1) is 14.1. The third kappa shape index (κ3) is 3.04. The van der Waals surface area contributed by atoms with E-state index in [0.717, 1.165) is 0 Å². The second-order valence-electron chi connectivity index (χ2n) is 4.11. The molecule has 0 aromatic heterocycles. The minimum absolute atomic E-state index is 0.173. The number of nitrogens with two attached hydrogens (primary N) is 1. The maximum absolute atomic E-state index is 13.9. The Morgan fingerprint density at radius 3 is 2.72 bits per heavy atom. The number of ether oxygens (including phenoxy) is 1. The van der Waals surface area contributed by atoms with Crippen LogP contribution in [0.2, 0.25) is 0 Å². The summed E-state index contributed by atoms with van der Waals surface area (Å²) in [4.78, 5) is 1.80. The van der Waals surface area contributed by atoms with E-state index in [4.69, 9.17) is 15.7 Å². The van der Waals surface area contributed by atoms with Crippen molar-refractivity contribution in [2.75, 3.05) is 30.8 Å². The minimum Gasteiger partial charge on any atom is -0.495 e. The summed E-state index contributed by atoms with van der Waals surface area (Å²) < 4.78 is 19.0. The van der Waals surface area contributed by atoms with Gasteiger partial charge in [-0.2, -0.15) is 5.26 Å². The molecule has 2 N–H and O–H groups in total. The topological polar surface area (TPSA) is 62.3 Å². The van der Waals surface area contributed by atoms with E-state index in [1.54, 1.807) is 17.9 Å². The summed E-state index contributed by atoms with van der Waals surface area (Å²) in [6.45, 7) is 4.79. The fourth-order valence-corrected chi connectivity index (χ4v) is 1.75. The van der Waals surface area contributed by atoms with Crippen LogP contribution in [0.25, 0.3) is 0 Å². The predicted octanol–water partition coefficient (Wildman–Crippen LogP) is 2.40. The van der Waals surface area contributed by atoms with Crippen molar-refractivity contribution in [2.45, 2.75) is 13.8 Å². The third-order valence-electron chi connectivity index (χ3n) is 2.74. The normalized spacial score (nSPS) is 11.7. The Bertz CT molecular complexity index is 456. The van der Waals surface area contributed by atoms with Crippen molar-refractivity contribution < 1.29 is 9.13 Å². The standard InChI is InChI=1S/C13H18FN3O/c1-4-17(8-9(2)7-15)12-6-13(18-3)11(16)5-10(12)14/h5-6,9H,4,8,16H2,1-3H3. The van der Waals surface area contributed by atoms with Crippen LogP contribution >= 0.6 is 0 Å². The van der Waals surface area contributed by atoms with Gasteiger partial charge in [-0.3, -0.25) is 0 Å². The Morgan fingerprint density at radius 1 is 1.56 bits per heavy atom. The Kier molecular flexibility index (Phi) is 4.78. The molecule has 0 saturated heterocycles. The second kappa shape index (κ2) is 6.10. The lowest BCUT2D eigenvalue weighted by Gasteiger charge is -2.25. The third-order valence-corrected chi connectivity index (χ3v) is 2.74. The lowest BCUT2D eigenvalue weighted by molar-refractivity contribution is 0.416. The molecule has 4 nitrogen and oxygen atoms in total. The number of anilines is 2. The molecule has 5 heteroatoms. The van der Waals surface area contributed by atoms with Gasteiger partial charge in [0.15, 0.2) is 0 Å². The quantitative estimate of drug-likeness (QED) is 0.816. The maximum atomic E-state index is 13.9. The summed E-state index contributed by atoms with van der Waals surface area (Å²) >= 11 is 0. The average molecular weight is 251 g/mol. The van der Waals surface area contributed by atoms with Crippen molar-refractivity contribution in [2.24, 2.45) is 5.92 Å². The zero-order valence-electron chi connectivity index (χ0n) is 10.9. The second-order valence-corrected chi connectivity index (χ2v) is 4.11. The van der Waals surface area contributed by atoms with Crippen LogP contribution in [0.1, 0.15) is 13.8 Å². The molecule has 0 saturated carbocycles. The molecule has 1 atom stereocenters. The largest absolute Gasteiger partial charge is 0.495 e. The molecule has 0 aliphatic carbocycles. The van der Waals surface area contributed by atoms with Crippen molar-refractivity contribution in [3.05, 3.63) is 17.9 Å². The SMILES string of the molecule is CCN(CC(C)C#N)c1cc(OC)c(N)cc1F. The van der Waals surface area contributed by atoms with E-state index in [-0.39, 0.29) is 11.6 Å². The molecule has 1 rings (SSSR count). The van der Waals surface area contributed by atoms with Crippen LogP contribution in [-0.4, -0.2) is 20.2 Å². The van der Waals surface area contributed by atoms with E-state index in [0.29, 0.717) is 24.5 Å². The van der Waals surface area contributed by atoms with Crippen molar-refractivity contribution in [3.8, 4) is 11.8 Å². The zero-order chi connectivity index (χ0) is 13.7. The number of hydrogen-bond acceptors (Lipinski definition) is 4. The van der Waals surface area contributed by atoms with Crippen molar-refractivity contribution in [1.29, 1.82) is 5.26 Å². The number of halogens is 1. The number of hydrogen-bond donors (Lipinski definition) is 1. The van der Waals surface area contributed by atoms with E-state index in [1.165, 1.54) is 13.2 Å². The number of benzene rings is 1. The highest BCUT2D eigenvalue weighted by atomic mass is 19.1. The summed E-state index contributed by atoms with van der Waals surface area (Å²) in [5.41, 5.74) is 6.31. The monoisotopic (exact) mass is 251 g/mol. The molecular weight excluding hydrogens is 233 g/mol. The molecule has 1 unspecified atom stereocenters. The summed E-state index contributed by atoms with van der Waals surface area (Å²) in [6, 6.07) is 4.95. The fraction of sp³-hybridized carbons (Fsp3) is 0.462. The summed E-state index contributed by atoms with van der Waals surface area (Å²) in [5, 5.41) is 8.83.